The molecule has 112 valence electrons. The fourth-order valence-electron chi connectivity index (χ4n) is 1.81. The van der Waals surface area contributed by atoms with Gasteiger partial charge in [-0.1, -0.05) is 0 Å². The van der Waals surface area contributed by atoms with Crippen molar-refractivity contribution in [1.82, 2.24) is 0 Å². The van der Waals surface area contributed by atoms with Crippen LogP contribution in [0.4, 0.5) is 5.69 Å². The molecule has 8 heteroatoms. The highest BCUT2D eigenvalue weighted by molar-refractivity contribution is 5.99. The number of hydrogen-bond donors (Lipinski definition) is 3. The number of aromatic carboxylic acids is 2. The second-order valence-electron chi connectivity index (χ2n) is 4.33. The Balaban J connectivity index is 2.20. The van der Waals surface area contributed by atoms with Crippen molar-refractivity contribution < 1.29 is 34.1 Å². The molecule has 3 N–H and O–H groups in total. The van der Waals surface area contributed by atoms with Crippen LogP contribution in [0.2, 0.25) is 0 Å². The zero-order chi connectivity index (χ0) is 15.4. The molecule has 1 aliphatic heterocycles. The van der Waals surface area contributed by atoms with Crippen LogP contribution in [0.1, 0.15) is 20.7 Å². The van der Waals surface area contributed by atoms with Gasteiger partial charge in [0.25, 0.3) is 5.91 Å². The normalized spacial score (nSPS) is 18.0. The molecule has 0 saturated carbocycles. The Labute approximate surface area is 119 Å². The predicted molar refractivity (Wildman–Crippen MR) is 69.5 cm³/mol. The minimum atomic E-state index is -1.29. The molecule has 0 spiro atoms. The highest BCUT2D eigenvalue weighted by atomic mass is 16.6. The molecule has 8 nitrogen and oxygen atoms in total. The van der Waals surface area contributed by atoms with Crippen LogP contribution in [0.15, 0.2) is 18.2 Å². The van der Waals surface area contributed by atoms with E-state index in [2.05, 4.69) is 5.32 Å². The molecular weight excluding hydrogens is 282 g/mol. The Kier molecular flexibility index (Phi) is 4.51. The number of benzene rings is 1. The maximum absolute atomic E-state index is 11.9. The second-order valence-corrected chi connectivity index (χ2v) is 4.33. The first kappa shape index (κ1) is 14.9. The maximum atomic E-state index is 11.9. The lowest BCUT2D eigenvalue weighted by molar-refractivity contribution is -0.142. The van der Waals surface area contributed by atoms with E-state index in [9.17, 15) is 14.4 Å². The van der Waals surface area contributed by atoms with E-state index in [-0.39, 0.29) is 30.0 Å². The summed E-state index contributed by atoms with van der Waals surface area (Å²) in [4.78, 5) is 33.8. The van der Waals surface area contributed by atoms with E-state index in [1.54, 1.807) is 0 Å². The molecule has 1 saturated heterocycles. The molecule has 21 heavy (non-hydrogen) atoms. The quantitative estimate of drug-likeness (QED) is 0.736. The lowest BCUT2D eigenvalue weighted by Crippen LogP contribution is -2.39. The standard InChI is InChI=1S/C13H13NO7/c15-11(10-6-20-1-2-21-10)14-9-4-7(12(16)17)3-8(5-9)13(18)19/h3-5,10H,1-2,6H2,(H,14,15)(H,16,17)(H,18,19). The van der Waals surface area contributed by atoms with Crippen molar-refractivity contribution >= 4 is 23.5 Å². The van der Waals surface area contributed by atoms with E-state index in [1.165, 1.54) is 12.1 Å². The summed E-state index contributed by atoms with van der Waals surface area (Å²) in [5.41, 5.74) is -0.386. The lowest BCUT2D eigenvalue weighted by atomic mass is 10.1. The fourth-order valence-corrected chi connectivity index (χ4v) is 1.81. The van der Waals surface area contributed by atoms with Gasteiger partial charge in [0.1, 0.15) is 0 Å². The van der Waals surface area contributed by atoms with Gasteiger partial charge in [0.15, 0.2) is 6.10 Å². The van der Waals surface area contributed by atoms with Crippen LogP contribution >= 0.6 is 0 Å². The van der Waals surface area contributed by atoms with Crippen LogP contribution in [0.25, 0.3) is 0 Å². The number of carboxylic acid groups (broad SMARTS) is 2. The molecule has 1 atom stereocenters. The minimum Gasteiger partial charge on any atom is -0.478 e. The topological polar surface area (TPSA) is 122 Å². The number of ether oxygens (including phenoxy) is 2. The van der Waals surface area contributed by atoms with Gasteiger partial charge in [-0.2, -0.15) is 0 Å². The number of amides is 1. The van der Waals surface area contributed by atoms with E-state index >= 15 is 0 Å². The van der Waals surface area contributed by atoms with Gasteiger partial charge in [-0.15, -0.1) is 0 Å². The Morgan fingerprint density at radius 3 is 2.14 bits per heavy atom. The monoisotopic (exact) mass is 295 g/mol. The van der Waals surface area contributed by atoms with Crippen molar-refractivity contribution in [3.8, 4) is 0 Å². The van der Waals surface area contributed by atoms with Crippen LogP contribution < -0.4 is 5.32 Å². The molecule has 1 aromatic carbocycles. The lowest BCUT2D eigenvalue weighted by Gasteiger charge is -2.22. The first-order chi connectivity index (χ1) is 9.97. The Morgan fingerprint density at radius 2 is 1.67 bits per heavy atom. The zero-order valence-electron chi connectivity index (χ0n) is 10.9. The summed E-state index contributed by atoms with van der Waals surface area (Å²) in [7, 11) is 0. The van der Waals surface area contributed by atoms with Crippen molar-refractivity contribution in [1.29, 1.82) is 0 Å². The second kappa shape index (κ2) is 6.33. The number of hydrogen-bond acceptors (Lipinski definition) is 5. The van der Waals surface area contributed by atoms with Crippen molar-refractivity contribution in [3.05, 3.63) is 29.3 Å². The Hall–Kier alpha value is -2.45. The Bertz CT molecular complexity index is 546. The number of nitrogens with one attached hydrogen (secondary N) is 1. The van der Waals surface area contributed by atoms with Gasteiger partial charge >= 0.3 is 11.9 Å². The summed E-state index contributed by atoms with van der Waals surface area (Å²) >= 11 is 0. The summed E-state index contributed by atoms with van der Waals surface area (Å²) in [6, 6.07) is 3.37. The molecule has 1 heterocycles. The maximum Gasteiger partial charge on any atom is 0.335 e. The van der Waals surface area contributed by atoms with Crippen molar-refractivity contribution in [2.24, 2.45) is 0 Å². The molecule has 1 aromatic rings. The highest BCUT2D eigenvalue weighted by Gasteiger charge is 2.23. The third-order valence-corrected chi connectivity index (χ3v) is 2.80. The minimum absolute atomic E-state index is 0.0754. The first-order valence-electron chi connectivity index (χ1n) is 6.09. The summed E-state index contributed by atoms with van der Waals surface area (Å²) < 4.78 is 10.3. The van der Waals surface area contributed by atoms with Crippen LogP contribution in [0, 0.1) is 0 Å². The van der Waals surface area contributed by atoms with Crippen LogP contribution in [-0.2, 0) is 14.3 Å². The highest BCUT2D eigenvalue weighted by Crippen LogP contribution is 2.16. The van der Waals surface area contributed by atoms with Crippen molar-refractivity contribution in [2.45, 2.75) is 6.10 Å². The van der Waals surface area contributed by atoms with Gasteiger partial charge in [-0.05, 0) is 18.2 Å². The van der Waals surface area contributed by atoms with Gasteiger partial charge in [-0.3, -0.25) is 4.79 Å². The number of carbonyl (C=O) groups excluding carboxylic acids is 1. The van der Waals surface area contributed by atoms with Gasteiger partial charge in [0, 0.05) is 5.69 Å². The third-order valence-electron chi connectivity index (χ3n) is 2.80. The average Bonchev–Trinajstić information content (AvgIpc) is 2.47. The SMILES string of the molecule is O=C(O)c1cc(NC(=O)C2COCCO2)cc(C(=O)O)c1. The summed E-state index contributed by atoms with van der Waals surface area (Å²) in [5, 5.41) is 20.3. The molecule has 0 aromatic heterocycles. The van der Waals surface area contributed by atoms with Gasteiger partial charge < -0.3 is 25.0 Å². The molecule has 1 amide bonds. The molecule has 1 fully saturated rings. The molecule has 0 radical (unpaired) electrons. The molecule has 0 bridgehead atoms. The predicted octanol–water partition coefficient (Wildman–Crippen LogP) is 0.437. The van der Waals surface area contributed by atoms with E-state index in [0.29, 0.717) is 6.61 Å². The number of anilines is 1. The van der Waals surface area contributed by atoms with E-state index in [0.717, 1.165) is 6.07 Å². The molecule has 2 rings (SSSR count). The zero-order valence-corrected chi connectivity index (χ0v) is 10.9. The van der Waals surface area contributed by atoms with Gasteiger partial charge in [-0.25, -0.2) is 9.59 Å². The first-order valence-corrected chi connectivity index (χ1v) is 6.09. The average molecular weight is 295 g/mol. The van der Waals surface area contributed by atoms with Crippen molar-refractivity contribution in [3.63, 3.8) is 0 Å². The van der Waals surface area contributed by atoms with Crippen LogP contribution in [0.3, 0.4) is 0 Å². The number of carboxylic acids is 2. The number of rotatable bonds is 4. The van der Waals surface area contributed by atoms with Crippen LogP contribution in [-0.4, -0.2) is 54.0 Å². The van der Waals surface area contributed by atoms with E-state index < -0.39 is 23.9 Å². The smallest absolute Gasteiger partial charge is 0.335 e. The molecule has 0 aliphatic carbocycles. The fraction of sp³-hybridized carbons (Fsp3) is 0.308. The molecule has 1 aliphatic rings. The Morgan fingerprint density at radius 1 is 1.05 bits per heavy atom. The van der Waals surface area contributed by atoms with E-state index in [1.807, 2.05) is 0 Å². The molecular formula is C13H13NO7. The van der Waals surface area contributed by atoms with Crippen molar-refractivity contribution in [2.75, 3.05) is 25.1 Å². The third kappa shape index (κ3) is 3.77. The van der Waals surface area contributed by atoms with Gasteiger partial charge in [0.2, 0.25) is 0 Å². The van der Waals surface area contributed by atoms with Gasteiger partial charge in [0.05, 0.1) is 30.9 Å². The van der Waals surface area contributed by atoms with E-state index in [4.69, 9.17) is 19.7 Å². The summed E-state index contributed by atoms with van der Waals surface area (Å²) in [5.74, 6) is -3.09. The molecule has 1 unspecified atom stereocenters. The summed E-state index contributed by atoms with van der Waals surface area (Å²) in [6.07, 6.45) is -0.805. The summed E-state index contributed by atoms with van der Waals surface area (Å²) in [6.45, 7) is 0.783. The largest absolute Gasteiger partial charge is 0.478 e. The van der Waals surface area contributed by atoms with Crippen LogP contribution in [0.5, 0.6) is 0 Å². The number of carbonyl (C=O) groups is 3.